The molecule has 0 aliphatic rings. The summed E-state index contributed by atoms with van der Waals surface area (Å²) in [6.07, 6.45) is -0.484. The van der Waals surface area contributed by atoms with Crippen LogP contribution >= 0.6 is 0 Å². The standard InChI is InChI=1S/C15H24N2O2/c1-11-7-6-8-14(12(11)2)19-13(3)15(18)16-9-10-17(4)5/h6-8,13H,9-10H2,1-5H3,(H,16,18)/t13-/m1/s1. The summed E-state index contributed by atoms with van der Waals surface area (Å²) in [7, 11) is 3.95. The first-order chi connectivity index (χ1) is 8.91. The highest BCUT2D eigenvalue weighted by Crippen LogP contribution is 2.21. The fraction of sp³-hybridized carbons (Fsp3) is 0.533. The summed E-state index contributed by atoms with van der Waals surface area (Å²) in [6.45, 7) is 7.26. The molecule has 1 rings (SSSR count). The Morgan fingerprint density at radius 3 is 2.68 bits per heavy atom. The molecule has 106 valence electrons. The van der Waals surface area contributed by atoms with E-state index in [2.05, 4.69) is 5.32 Å². The van der Waals surface area contributed by atoms with Crippen LogP contribution in [0.4, 0.5) is 0 Å². The predicted molar refractivity (Wildman–Crippen MR) is 77.6 cm³/mol. The molecular formula is C15H24N2O2. The summed E-state index contributed by atoms with van der Waals surface area (Å²) in [5.74, 6) is 0.693. The van der Waals surface area contributed by atoms with Crippen molar-refractivity contribution in [2.45, 2.75) is 26.9 Å². The van der Waals surface area contributed by atoms with Crippen LogP contribution in [0.3, 0.4) is 0 Å². The molecule has 1 amide bonds. The topological polar surface area (TPSA) is 41.6 Å². The van der Waals surface area contributed by atoms with Crippen LogP contribution in [0.1, 0.15) is 18.1 Å². The molecule has 1 aromatic rings. The van der Waals surface area contributed by atoms with Crippen LogP contribution in [0.5, 0.6) is 5.75 Å². The quantitative estimate of drug-likeness (QED) is 0.851. The Kier molecular flexibility index (Phi) is 5.83. The molecule has 0 saturated carbocycles. The first kappa shape index (κ1) is 15.5. The number of hydrogen-bond donors (Lipinski definition) is 1. The molecular weight excluding hydrogens is 240 g/mol. The Bertz CT molecular complexity index is 430. The van der Waals surface area contributed by atoms with Crippen LogP contribution in [0.25, 0.3) is 0 Å². The monoisotopic (exact) mass is 264 g/mol. The number of rotatable bonds is 6. The van der Waals surface area contributed by atoms with E-state index in [1.807, 2.05) is 51.0 Å². The SMILES string of the molecule is Cc1cccc(O[C@H](C)C(=O)NCCN(C)C)c1C. The Morgan fingerprint density at radius 1 is 1.37 bits per heavy atom. The Morgan fingerprint density at radius 2 is 2.05 bits per heavy atom. The molecule has 0 fully saturated rings. The molecule has 1 atom stereocenters. The van der Waals surface area contributed by atoms with E-state index in [4.69, 9.17) is 4.74 Å². The van der Waals surface area contributed by atoms with E-state index in [1.165, 1.54) is 0 Å². The fourth-order valence-electron chi connectivity index (χ4n) is 1.64. The molecule has 0 heterocycles. The second-order valence-corrected chi connectivity index (χ2v) is 5.05. The van der Waals surface area contributed by atoms with Gasteiger partial charge in [-0.15, -0.1) is 0 Å². The second kappa shape index (κ2) is 7.14. The minimum absolute atomic E-state index is 0.0808. The zero-order chi connectivity index (χ0) is 14.4. The van der Waals surface area contributed by atoms with Crippen molar-refractivity contribution in [2.24, 2.45) is 0 Å². The number of nitrogens with one attached hydrogen (secondary N) is 1. The summed E-state index contributed by atoms with van der Waals surface area (Å²) in [5, 5.41) is 2.86. The van der Waals surface area contributed by atoms with E-state index in [-0.39, 0.29) is 5.91 Å². The van der Waals surface area contributed by atoms with E-state index in [0.29, 0.717) is 6.54 Å². The number of likely N-dealkylation sites (N-methyl/N-ethyl adjacent to an activating group) is 1. The van der Waals surface area contributed by atoms with Crippen LogP contribution < -0.4 is 10.1 Å². The van der Waals surface area contributed by atoms with Gasteiger partial charge in [0, 0.05) is 13.1 Å². The van der Waals surface area contributed by atoms with Gasteiger partial charge < -0.3 is 15.0 Å². The van der Waals surface area contributed by atoms with Gasteiger partial charge >= 0.3 is 0 Å². The maximum Gasteiger partial charge on any atom is 0.260 e. The fourth-order valence-corrected chi connectivity index (χ4v) is 1.64. The molecule has 19 heavy (non-hydrogen) atoms. The van der Waals surface area contributed by atoms with Crippen molar-refractivity contribution in [1.82, 2.24) is 10.2 Å². The van der Waals surface area contributed by atoms with Crippen molar-refractivity contribution in [3.8, 4) is 5.75 Å². The average Bonchev–Trinajstić information content (AvgIpc) is 2.34. The zero-order valence-electron chi connectivity index (χ0n) is 12.5. The Labute approximate surface area is 115 Å². The van der Waals surface area contributed by atoms with Crippen molar-refractivity contribution < 1.29 is 9.53 Å². The van der Waals surface area contributed by atoms with Crippen molar-refractivity contribution in [3.63, 3.8) is 0 Å². The molecule has 4 heteroatoms. The highest BCUT2D eigenvalue weighted by Gasteiger charge is 2.15. The molecule has 1 aromatic carbocycles. The first-order valence-electron chi connectivity index (χ1n) is 6.57. The lowest BCUT2D eigenvalue weighted by molar-refractivity contribution is -0.127. The molecule has 0 spiro atoms. The normalized spacial score (nSPS) is 12.3. The molecule has 4 nitrogen and oxygen atoms in total. The molecule has 0 aromatic heterocycles. The first-order valence-corrected chi connectivity index (χ1v) is 6.57. The molecule has 0 bridgehead atoms. The third-order valence-corrected chi connectivity index (χ3v) is 3.09. The van der Waals surface area contributed by atoms with Crippen molar-refractivity contribution in [2.75, 3.05) is 27.2 Å². The maximum absolute atomic E-state index is 11.9. The number of carbonyl (C=O) groups excluding carboxylic acids is 1. The van der Waals surface area contributed by atoms with Crippen molar-refractivity contribution in [3.05, 3.63) is 29.3 Å². The van der Waals surface area contributed by atoms with E-state index >= 15 is 0 Å². The number of hydrogen-bond acceptors (Lipinski definition) is 3. The van der Waals surface area contributed by atoms with Gasteiger partial charge in [-0.3, -0.25) is 4.79 Å². The van der Waals surface area contributed by atoms with Gasteiger partial charge in [0.05, 0.1) is 0 Å². The lowest BCUT2D eigenvalue weighted by atomic mass is 10.1. The van der Waals surface area contributed by atoms with Gasteiger partial charge in [0.1, 0.15) is 5.75 Å². The lowest BCUT2D eigenvalue weighted by Crippen LogP contribution is -2.39. The Balaban J connectivity index is 2.52. The Hall–Kier alpha value is -1.55. The number of benzene rings is 1. The van der Waals surface area contributed by atoms with E-state index in [0.717, 1.165) is 23.4 Å². The molecule has 0 unspecified atom stereocenters. The van der Waals surface area contributed by atoms with Gasteiger partial charge in [0.2, 0.25) is 0 Å². The zero-order valence-corrected chi connectivity index (χ0v) is 12.5. The summed E-state index contributed by atoms with van der Waals surface area (Å²) >= 11 is 0. The minimum Gasteiger partial charge on any atom is -0.481 e. The number of nitrogens with zero attached hydrogens (tertiary/aromatic N) is 1. The number of aryl methyl sites for hydroxylation is 1. The lowest BCUT2D eigenvalue weighted by Gasteiger charge is -2.17. The summed E-state index contributed by atoms with van der Waals surface area (Å²) in [6, 6.07) is 5.87. The van der Waals surface area contributed by atoms with Crippen molar-refractivity contribution >= 4 is 5.91 Å². The molecule has 0 aliphatic carbocycles. The van der Waals surface area contributed by atoms with Gasteiger partial charge in [-0.1, -0.05) is 12.1 Å². The summed E-state index contributed by atoms with van der Waals surface area (Å²) < 4.78 is 5.72. The predicted octanol–water partition coefficient (Wildman–Crippen LogP) is 1.75. The van der Waals surface area contributed by atoms with Crippen LogP contribution in [-0.2, 0) is 4.79 Å². The van der Waals surface area contributed by atoms with E-state index < -0.39 is 6.10 Å². The molecule has 0 radical (unpaired) electrons. The highest BCUT2D eigenvalue weighted by molar-refractivity contribution is 5.80. The van der Waals surface area contributed by atoms with Crippen LogP contribution in [-0.4, -0.2) is 44.1 Å². The number of carbonyl (C=O) groups is 1. The van der Waals surface area contributed by atoms with Crippen LogP contribution in [0.2, 0.25) is 0 Å². The maximum atomic E-state index is 11.9. The molecule has 0 saturated heterocycles. The van der Waals surface area contributed by atoms with E-state index in [9.17, 15) is 4.79 Å². The molecule has 1 N–H and O–H groups in total. The van der Waals surface area contributed by atoms with Gasteiger partial charge in [-0.25, -0.2) is 0 Å². The second-order valence-electron chi connectivity index (χ2n) is 5.05. The summed E-state index contributed by atoms with van der Waals surface area (Å²) in [4.78, 5) is 13.9. The van der Waals surface area contributed by atoms with Crippen LogP contribution in [0.15, 0.2) is 18.2 Å². The smallest absolute Gasteiger partial charge is 0.260 e. The average molecular weight is 264 g/mol. The van der Waals surface area contributed by atoms with E-state index in [1.54, 1.807) is 6.92 Å². The summed E-state index contributed by atoms with van der Waals surface area (Å²) in [5.41, 5.74) is 2.24. The third kappa shape index (κ3) is 4.91. The largest absolute Gasteiger partial charge is 0.481 e. The highest BCUT2D eigenvalue weighted by atomic mass is 16.5. The van der Waals surface area contributed by atoms with Gasteiger partial charge in [0.15, 0.2) is 6.10 Å². The van der Waals surface area contributed by atoms with Gasteiger partial charge in [0.25, 0.3) is 5.91 Å². The number of amides is 1. The molecule has 0 aliphatic heterocycles. The van der Waals surface area contributed by atoms with Gasteiger partial charge in [-0.2, -0.15) is 0 Å². The van der Waals surface area contributed by atoms with Crippen molar-refractivity contribution in [1.29, 1.82) is 0 Å². The van der Waals surface area contributed by atoms with Gasteiger partial charge in [-0.05, 0) is 52.1 Å². The minimum atomic E-state index is -0.484. The number of ether oxygens (including phenoxy) is 1. The third-order valence-electron chi connectivity index (χ3n) is 3.09. The van der Waals surface area contributed by atoms with Crippen LogP contribution in [0, 0.1) is 13.8 Å².